The summed E-state index contributed by atoms with van der Waals surface area (Å²) in [4.78, 5) is 0. The van der Waals surface area contributed by atoms with Crippen LogP contribution in [0.2, 0.25) is 5.02 Å². The van der Waals surface area contributed by atoms with Crippen molar-refractivity contribution in [2.24, 2.45) is 0 Å². The molecule has 0 saturated carbocycles. The highest BCUT2D eigenvalue weighted by Gasteiger charge is 2.23. The molecular weight excluding hydrogens is 202 g/mol. The van der Waals surface area contributed by atoms with Crippen molar-refractivity contribution in [3.05, 3.63) is 22.7 Å². The van der Waals surface area contributed by atoms with Crippen LogP contribution in [0.3, 0.4) is 0 Å². The number of ether oxygens (including phenoxy) is 1. The number of hydrogen-bond acceptors (Lipinski definition) is 3. The molecule has 2 rings (SSSR count). The summed E-state index contributed by atoms with van der Waals surface area (Å²) in [7, 11) is 1.58. The van der Waals surface area contributed by atoms with E-state index in [4.69, 9.17) is 16.3 Å². The van der Waals surface area contributed by atoms with Gasteiger partial charge >= 0.3 is 0 Å². The number of nitrogens with one attached hydrogen (secondary N) is 1. The Hall–Kier alpha value is -0.930. The van der Waals surface area contributed by atoms with E-state index in [2.05, 4.69) is 5.32 Å². The van der Waals surface area contributed by atoms with Crippen molar-refractivity contribution in [2.45, 2.75) is 12.5 Å². The monoisotopic (exact) mass is 213 g/mol. The predicted octanol–water partition coefficient (Wildman–Crippen LogP) is 2.09. The second-order valence-electron chi connectivity index (χ2n) is 3.34. The normalized spacial score (nSPS) is 20.3. The molecule has 0 radical (unpaired) electrons. The number of aromatic hydroxyl groups is 1. The zero-order chi connectivity index (χ0) is 10.1. The number of methoxy groups -OCH3 is 1. The summed E-state index contributed by atoms with van der Waals surface area (Å²) in [5.41, 5.74) is 0.820. The fourth-order valence-electron chi connectivity index (χ4n) is 1.53. The minimum absolute atomic E-state index is 0.157. The molecule has 1 saturated heterocycles. The molecule has 0 amide bonds. The summed E-state index contributed by atoms with van der Waals surface area (Å²) in [5.74, 6) is 0.834. The Kier molecular flexibility index (Phi) is 2.52. The Balaban J connectivity index is 2.40. The zero-order valence-corrected chi connectivity index (χ0v) is 8.64. The Morgan fingerprint density at radius 1 is 1.57 bits per heavy atom. The van der Waals surface area contributed by atoms with Gasteiger partial charge in [0, 0.05) is 17.7 Å². The van der Waals surface area contributed by atoms with Crippen LogP contribution in [-0.2, 0) is 0 Å². The van der Waals surface area contributed by atoms with Gasteiger partial charge in [0.1, 0.15) is 11.5 Å². The van der Waals surface area contributed by atoms with E-state index in [-0.39, 0.29) is 11.8 Å². The summed E-state index contributed by atoms with van der Waals surface area (Å²) >= 11 is 5.87. The summed E-state index contributed by atoms with van der Waals surface area (Å²) < 4.78 is 5.09. The van der Waals surface area contributed by atoms with Crippen LogP contribution in [0, 0.1) is 0 Å². The third-order valence-corrected chi connectivity index (χ3v) is 2.79. The molecular formula is C10H12ClNO2. The third kappa shape index (κ3) is 1.53. The molecule has 0 aliphatic carbocycles. The van der Waals surface area contributed by atoms with Crippen LogP contribution in [0.1, 0.15) is 18.0 Å². The average molecular weight is 214 g/mol. The Labute approximate surface area is 87.6 Å². The summed E-state index contributed by atoms with van der Waals surface area (Å²) in [6.07, 6.45) is 1.02. The molecule has 2 N–H and O–H groups in total. The second kappa shape index (κ2) is 3.67. The van der Waals surface area contributed by atoms with E-state index >= 15 is 0 Å². The lowest BCUT2D eigenvalue weighted by Gasteiger charge is -2.29. The first-order chi connectivity index (χ1) is 6.72. The van der Waals surface area contributed by atoms with Crippen LogP contribution in [0.15, 0.2) is 12.1 Å². The third-order valence-electron chi connectivity index (χ3n) is 2.50. The van der Waals surface area contributed by atoms with Crippen molar-refractivity contribution in [2.75, 3.05) is 13.7 Å². The first-order valence-corrected chi connectivity index (χ1v) is 4.90. The quantitative estimate of drug-likeness (QED) is 0.791. The van der Waals surface area contributed by atoms with Crippen molar-refractivity contribution in [3.63, 3.8) is 0 Å². The lowest BCUT2D eigenvalue weighted by Crippen LogP contribution is -2.34. The van der Waals surface area contributed by atoms with E-state index in [0.29, 0.717) is 10.8 Å². The van der Waals surface area contributed by atoms with E-state index in [1.54, 1.807) is 13.2 Å². The molecule has 0 bridgehead atoms. The van der Waals surface area contributed by atoms with E-state index in [1.807, 2.05) is 6.07 Å². The van der Waals surface area contributed by atoms with Crippen LogP contribution in [0.5, 0.6) is 11.5 Å². The maximum Gasteiger partial charge on any atom is 0.139 e. The zero-order valence-electron chi connectivity index (χ0n) is 7.88. The number of phenols is 1. The largest absolute Gasteiger partial charge is 0.506 e. The minimum atomic E-state index is 0.157. The van der Waals surface area contributed by atoms with Crippen molar-refractivity contribution in [3.8, 4) is 11.5 Å². The molecule has 1 unspecified atom stereocenters. The lowest BCUT2D eigenvalue weighted by molar-refractivity contribution is 0.359. The van der Waals surface area contributed by atoms with Gasteiger partial charge in [0.25, 0.3) is 0 Å². The maximum atomic E-state index is 9.73. The van der Waals surface area contributed by atoms with Crippen LogP contribution >= 0.6 is 11.6 Å². The predicted molar refractivity (Wildman–Crippen MR) is 55.0 cm³/mol. The molecule has 3 nitrogen and oxygen atoms in total. The van der Waals surface area contributed by atoms with Crippen molar-refractivity contribution >= 4 is 11.6 Å². The van der Waals surface area contributed by atoms with Crippen LogP contribution in [0.25, 0.3) is 0 Å². The lowest BCUT2D eigenvalue weighted by atomic mass is 9.97. The van der Waals surface area contributed by atoms with Gasteiger partial charge in [0.2, 0.25) is 0 Å². The highest BCUT2D eigenvalue weighted by Crippen LogP contribution is 2.38. The van der Waals surface area contributed by atoms with Crippen molar-refractivity contribution in [1.29, 1.82) is 0 Å². The summed E-state index contributed by atoms with van der Waals surface area (Å²) in [6.45, 7) is 0.985. The molecule has 1 fully saturated rings. The number of halogens is 1. The molecule has 0 aromatic heterocycles. The minimum Gasteiger partial charge on any atom is -0.506 e. The topological polar surface area (TPSA) is 41.5 Å². The highest BCUT2D eigenvalue weighted by molar-refractivity contribution is 6.32. The second-order valence-corrected chi connectivity index (χ2v) is 3.75. The van der Waals surface area contributed by atoms with Crippen LogP contribution in [-0.4, -0.2) is 18.8 Å². The first kappa shape index (κ1) is 9.62. The van der Waals surface area contributed by atoms with E-state index in [9.17, 15) is 5.11 Å². The summed E-state index contributed by atoms with van der Waals surface area (Å²) in [6, 6.07) is 3.64. The number of benzene rings is 1. The molecule has 14 heavy (non-hydrogen) atoms. The smallest absolute Gasteiger partial charge is 0.139 e. The Morgan fingerprint density at radius 3 is 2.79 bits per heavy atom. The van der Waals surface area contributed by atoms with Gasteiger partial charge in [-0.2, -0.15) is 0 Å². The fourth-order valence-corrected chi connectivity index (χ4v) is 1.75. The van der Waals surface area contributed by atoms with Gasteiger partial charge in [-0.05, 0) is 19.0 Å². The van der Waals surface area contributed by atoms with Gasteiger partial charge in [0.05, 0.1) is 12.1 Å². The van der Waals surface area contributed by atoms with Gasteiger partial charge in [0.15, 0.2) is 0 Å². The van der Waals surface area contributed by atoms with Crippen LogP contribution in [0.4, 0.5) is 0 Å². The fraction of sp³-hybridized carbons (Fsp3) is 0.400. The first-order valence-electron chi connectivity index (χ1n) is 4.52. The molecule has 1 aromatic rings. The van der Waals surface area contributed by atoms with Gasteiger partial charge < -0.3 is 15.2 Å². The molecule has 1 aliphatic rings. The van der Waals surface area contributed by atoms with E-state index in [1.165, 1.54) is 0 Å². The van der Waals surface area contributed by atoms with E-state index in [0.717, 1.165) is 18.5 Å². The Morgan fingerprint density at radius 2 is 2.29 bits per heavy atom. The van der Waals surface area contributed by atoms with Crippen LogP contribution < -0.4 is 10.1 Å². The van der Waals surface area contributed by atoms with Gasteiger partial charge in [-0.3, -0.25) is 0 Å². The van der Waals surface area contributed by atoms with Gasteiger partial charge in [-0.15, -0.1) is 0 Å². The molecule has 4 heteroatoms. The maximum absolute atomic E-state index is 9.73. The number of rotatable bonds is 2. The molecule has 1 aromatic carbocycles. The summed E-state index contributed by atoms with van der Waals surface area (Å²) in [5, 5.41) is 13.3. The standard InChI is InChI=1S/C10H12ClNO2/c1-14-6-4-7(9-2-3-12-9)10(13)8(11)5-6/h4-5,9,12-13H,2-3H2,1H3. The number of phenolic OH excluding ortho intramolecular Hbond substituents is 1. The SMILES string of the molecule is COc1cc(Cl)c(O)c(C2CCN2)c1. The van der Waals surface area contributed by atoms with Crippen molar-refractivity contribution in [1.82, 2.24) is 5.32 Å². The van der Waals surface area contributed by atoms with Gasteiger partial charge in [-0.1, -0.05) is 11.6 Å². The highest BCUT2D eigenvalue weighted by atomic mass is 35.5. The average Bonchev–Trinajstić information content (AvgIpc) is 2.09. The molecule has 1 aliphatic heterocycles. The van der Waals surface area contributed by atoms with E-state index < -0.39 is 0 Å². The molecule has 0 spiro atoms. The van der Waals surface area contributed by atoms with Gasteiger partial charge in [-0.25, -0.2) is 0 Å². The molecule has 1 atom stereocenters. The van der Waals surface area contributed by atoms with Crippen molar-refractivity contribution < 1.29 is 9.84 Å². The molecule has 76 valence electrons. The number of hydrogen-bond donors (Lipinski definition) is 2. The Bertz CT molecular complexity index is 350. The molecule has 1 heterocycles.